The second kappa shape index (κ2) is 6.29. The van der Waals surface area contributed by atoms with E-state index in [1.54, 1.807) is 12.1 Å². The van der Waals surface area contributed by atoms with E-state index in [-0.39, 0.29) is 30.1 Å². The number of hydrogen-bond acceptors (Lipinski definition) is 4. The lowest BCUT2D eigenvalue weighted by Gasteiger charge is -2.32. The second-order valence-electron chi connectivity index (χ2n) is 7.51. The van der Waals surface area contributed by atoms with Crippen LogP contribution in [0.3, 0.4) is 0 Å². The molecule has 1 atom stereocenters. The molecule has 23 heavy (non-hydrogen) atoms. The Morgan fingerprint density at radius 2 is 1.52 bits per heavy atom. The average Bonchev–Trinajstić information content (AvgIpc) is 2.66. The Morgan fingerprint density at radius 3 is 1.91 bits per heavy atom. The average molecular weight is 318 g/mol. The Kier molecular flexibility index (Phi) is 4.93. The number of hydrogen-bond donors (Lipinski definition) is 0. The molecule has 0 aliphatic carbocycles. The zero-order chi connectivity index (χ0) is 17.4. The fraction of sp³-hybridized carbons (Fsp3) is 0.611. The lowest BCUT2D eigenvalue weighted by molar-refractivity contribution is 0.00578. The Balaban J connectivity index is 2.28. The van der Waals surface area contributed by atoms with Crippen molar-refractivity contribution in [3.8, 4) is 0 Å². The van der Waals surface area contributed by atoms with Crippen LogP contribution in [0.25, 0.3) is 0 Å². The largest absolute Gasteiger partial charge is 0.466 e. The van der Waals surface area contributed by atoms with Gasteiger partial charge in [-0.2, -0.15) is 0 Å². The predicted molar refractivity (Wildman–Crippen MR) is 91.4 cm³/mol. The van der Waals surface area contributed by atoms with Crippen LogP contribution < -0.4 is 0 Å². The van der Waals surface area contributed by atoms with Crippen molar-refractivity contribution in [2.75, 3.05) is 7.11 Å². The maximum Gasteiger partial charge on any atom is 0.466 e. The van der Waals surface area contributed by atoms with Crippen LogP contribution in [0, 0.1) is 5.92 Å². The van der Waals surface area contributed by atoms with Crippen molar-refractivity contribution in [2.45, 2.75) is 58.6 Å². The van der Waals surface area contributed by atoms with E-state index < -0.39 is 0 Å². The molecule has 1 aromatic rings. The van der Waals surface area contributed by atoms with Crippen LogP contribution in [0.4, 0.5) is 0 Å². The Hall–Kier alpha value is -1.33. The summed E-state index contributed by atoms with van der Waals surface area (Å²) in [5.41, 5.74) is 0.951. The topological polar surface area (TPSA) is 44.8 Å². The van der Waals surface area contributed by atoms with Gasteiger partial charge in [-0.05, 0) is 51.3 Å². The van der Waals surface area contributed by atoms with Crippen molar-refractivity contribution in [3.63, 3.8) is 0 Å². The molecule has 1 fully saturated rings. The number of esters is 1. The maximum atomic E-state index is 11.6. The van der Waals surface area contributed by atoms with E-state index >= 15 is 0 Å². The van der Waals surface area contributed by atoms with Gasteiger partial charge in [0.25, 0.3) is 0 Å². The number of carbonyl (C=O) groups is 1. The molecule has 1 saturated heterocycles. The highest BCUT2D eigenvalue weighted by molar-refractivity contribution is 6.47. The third-order valence-corrected chi connectivity index (χ3v) is 5.00. The van der Waals surface area contributed by atoms with E-state index in [0.717, 1.165) is 5.56 Å². The first-order valence-corrected chi connectivity index (χ1v) is 8.13. The second-order valence-corrected chi connectivity index (χ2v) is 7.51. The highest BCUT2D eigenvalue weighted by Gasteiger charge is 2.54. The lowest BCUT2D eigenvalue weighted by atomic mass is 9.62. The monoisotopic (exact) mass is 318 g/mol. The van der Waals surface area contributed by atoms with E-state index in [0.29, 0.717) is 11.5 Å². The van der Waals surface area contributed by atoms with Gasteiger partial charge in [0.1, 0.15) is 0 Å². The molecule has 0 spiro atoms. The Labute approximate surface area is 139 Å². The predicted octanol–water partition coefficient (Wildman–Crippen LogP) is 3.84. The first-order valence-electron chi connectivity index (χ1n) is 8.13. The smallest absolute Gasteiger partial charge is 0.465 e. The molecule has 0 radical (unpaired) electrons. The summed E-state index contributed by atoms with van der Waals surface area (Å²) in [6, 6.07) is 7.51. The number of benzene rings is 1. The van der Waals surface area contributed by atoms with E-state index in [1.165, 1.54) is 7.11 Å². The van der Waals surface area contributed by atoms with Gasteiger partial charge in [0.2, 0.25) is 0 Å². The first-order chi connectivity index (χ1) is 10.6. The fourth-order valence-corrected chi connectivity index (χ4v) is 2.85. The number of methoxy groups -OCH3 is 1. The zero-order valence-corrected chi connectivity index (χ0v) is 15.2. The molecule has 0 bridgehead atoms. The van der Waals surface area contributed by atoms with Crippen molar-refractivity contribution in [2.24, 2.45) is 5.92 Å². The van der Waals surface area contributed by atoms with Gasteiger partial charge in [0.05, 0.1) is 23.9 Å². The van der Waals surface area contributed by atoms with Crippen LogP contribution in [0.1, 0.15) is 63.3 Å². The van der Waals surface area contributed by atoms with Gasteiger partial charge in [-0.3, -0.25) is 0 Å². The summed E-state index contributed by atoms with van der Waals surface area (Å²) in [5.74, 6) is 0.115. The van der Waals surface area contributed by atoms with Crippen molar-refractivity contribution < 1.29 is 18.8 Å². The molecule has 0 aromatic heterocycles. The summed E-state index contributed by atoms with van der Waals surface area (Å²) >= 11 is 0. The van der Waals surface area contributed by atoms with E-state index in [1.807, 2.05) is 12.1 Å². The normalized spacial score (nSPS) is 20.6. The first kappa shape index (κ1) is 18.0. The number of ether oxygens (including phenoxy) is 1. The molecule has 0 N–H and O–H groups in total. The quantitative estimate of drug-likeness (QED) is 0.625. The SMILES string of the molecule is COC(=O)c1ccc(C(B2OC(C)(C)C(C)(C)O2)C(C)C)cc1. The van der Waals surface area contributed by atoms with Crippen LogP contribution in [0.2, 0.25) is 0 Å². The van der Waals surface area contributed by atoms with Gasteiger partial charge in [-0.15, -0.1) is 0 Å². The standard InChI is InChI=1S/C18H27BO4/c1-12(2)15(19-22-17(3,4)18(5,6)23-19)13-8-10-14(11-9-13)16(20)21-7/h8-12,15H,1-7H3. The van der Waals surface area contributed by atoms with Crippen molar-refractivity contribution >= 4 is 13.1 Å². The minimum absolute atomic E-state index is 0.0998. The van der Waals surface area contributed by atoms with Crippen LogP contribution in [-0.2, 0) is 14.0 Å². The van der Waals surface area contributed by atoms with E-state index in [2.05, 4.69) is 41.5 Å². The minimum atomic E-state index is -0.350. The van der Waals surface area contributed by atoms with E-state index in [9.17, 15) is 4.79 Å². The summed E-state index contributed by atoms with van der Waals surface area (Å²) in [6.07, 6.45) is 0. The molecule has 5 heteroatoms. The summed E-state index contributed by atoms with van der Waals surface area (Å²) in [6.45, 7) is 12.6. The minimum Gasteiger partial charge on any atom is -0.465 e. The molecular formula is C18H27BO4. The third-order valence-electron chi connectivity index (χ3n) is 5.00. The highest BCUT2D eigenvalue weighted by atomic mass is 16.7. The Morgan fingerprint density at radius 1 is 1.04 bits per heavy atom. The number of rotatable bonds is 4. The van der Waals surface area contributed by atoms with Gasteiger partial charge < -0.3 is 14.0 Å². The molecular weight excluding hydrogens is 291 g/mol. The van der Waals surface area contributed by atoms with Gasteiger partial charge in [-0.25, -0.2) is 4.79 Å². The molecule has 0 amide bonds. The van der Waals surface area contributed by atoms with Gasteiger partial charge in [-0.1, -0.05) is 26.0 Å². The zero-order valence-electron chi connectivity index (χ0n) is 15.2. The molecule has 1 aromatic carbocycles. The van der Waals surface area contributed by atoms with Crippen molar-refractivity contribution in [3.05, 3.63) is 35.4 Å². The van der Waals surface area contributed by atoms with Crippen LogP contribution >= 0.6 is 0 Å². The molecule has 1 aliphatic rings. The highest BCUT2D eigenvalue weighted by Crippen LogP contribution is 2.42. The van der Waals surface area contributed by atoms with Crippen molar-refractivity contribution in [1.29, 1.82) is 0 Å². The molecule has 2 rings (SSSR count). The van der Waals surface area contributed by atoms with E-state index in [4.69, 9.17) is 14.0 Å². The summed E-state index contributed by atoms with van der Waals surface area (Å²) < 4.78 is 17.2. The molecule has 1 aliphatic heterocycles. The molecule has 1 unspecified atom stereocenters. The molecule has 4 nitrogen and oxygen atoms in total. The lowest BCUT2D eigenvalue weighted by Crippen LogP contribution is -2.41. The van der Waals surface area contributed by atoms with Gasteiger partial charge in [0.15, 0.2) is 0 Å². The van der Waals surface area contributed by atoms with Crippen LogP contribution in [0.15, 0.2) is 24.3 Å². The van der Waals surface area contributed by atoms with Crippen molar-refractivity contribution in [1.82, 2.24) is 0 Å². The molecule has 126 valence electrons. The van der Waals surface area contributed by atoms with Gasteiger partial charge in [0, 0.05) is 5.82 Å². The fourth-order valence-electron chi connectivity index (χ4n) is 2.85. The third kappa shape index (κ3) is 3.46. The Bertz CT molecular complexity index is 547. The van der Waals surface area contributed by atoms with Crippen LogP contribution in [-0.4, -0.2) is 31.4 Å². The summed E-state index contributed by atoms with van der Waals surface area (Å²) in [7, 11) is 1.08. The van der Waals surface area contributed by atoms with Gasteiger partial charge >= 0.3 is 13.1 Å². The summed E-state index contributed by atoms with van der Waals surface area (Å²) in [4.78, 5) is 11.6. The number of carbonyl (C=O) groups excluding carboxylic acids is 1. The summed E-state index contributed by atoms with van der Waals surface area (Å²) in [5, 5.41) is 0. The molecule has 1 heterocycles. The molecule has 0 saturated carbocycles. The van der Waals surface area contributed by atoms with Crippen LogP contribution in [0.5, 0.6) is 0 Å². The maximum absolute atomic E-state index is 11.6.